The minimum atomic E-state index is 0.132. The molecular weight excluding hydrogens is 214 g/mol. The average molecular weight is 235 g/mol. The highest BCUT2D eigenvalue weighted by atomic mass is 16.3. The van der Waals surface area contributed by atoms with Crippen molar-refractivity contribution in [2.45, 2.75) is 26.2 Å². The van der Waals surface area contributed by atoms with Crippen LogP contribution in [0.4, 0.5) is 11.4 Å². The Balaban J connectivity index is 1.87. The number of rotatable bonds is 7. The summed E-state index contributed by atoms with van der Waals surface area (Å²) in [6.45, 7) is 4.22. The molecule has 17 heavy (non-hydrogen) atoms. The third kappa shape index (κ3) is 3.33. The molecule has 0 radical (unpaired) electrons. The lowest BCUT2D eigenvalue weighted by Crippen LogP contribution is -2.19. The van der Waals surface area contributed by atoms with Gasteiger partial charge in [0.05, 0.1) is 30.4 Å². The zero-order chi connectivity index (χ0) is 12.1. The predicted octanol–water partition coefficient (Wildman–Crippen LogP) is 2.09. The van der Waals surface area contributed by atoms with Gasteiger partial charge in [-0.15, -0.1) is 0 Å². The van der Waals surface area contributed by atoms with Crippen LogP contribution >= 0.6 is 0 Å². The molecule has 0 bridgehead atoms. The lowest BCUT2D eigenvalue weighted by atomic mass is 10.1. The Morgan fingerprint density at radius 2 is 2.00 bits per heavy atom. The molecule has 2 rings (SSSR count). The molecule has 1 heterocycles. The molecule has 0 amide bonds. The number of hydrogen-bond donors (Lipinski definition) is 3. The number of aliphatic hydroxyl groups is 1. The Morgan fingerprint density at radius 1 is 1.29 bits per heavy atom. The second-order valence-corrected chi connectivity index (χ2v) is 4.90. The Morgan fingerprint density at radius 3 is 2.59 bits per heavy atom. The van der Waals surface area contributed by atoms with Gasteiger partial charge in [0.15, 0.2) is 0 Å². The van der Waals surface area contributed by atoms with Crippen LogP contribution in [0, 0.1) is 5.41 Å². The molecule has 3 N–H and O–H groups in total. The molecule has 0 atom stereocenters. The van der Waals surface area contributed by atoms with Crippen molar-refractivity contribution in [3.8, 4) is 0 Å². The van der Waals surface area contributed by atoms with Crippen molar-refractivity contribution in [1.29, 1.82) is 0 Å². The second-order valence-electron chi connectivity index (χ2n) is 4.90. The van der Waals surface area contributed by atoms with Crippen molar-refractivity contribution in [1.82, 2.24) is 4.98 Å². The van der Waals surface area contributed by atoms with E-state index in [4.69, 9.17) is 0 Å². The van der Waals surface area contributed by atoms with Crippen LogP contribution in [0.3, 0.4) is 0 Å². The van der Waals surface area contributed by atoms with Gasteiger partial charge in [-0.2, -0.15) is 0 Å². The van der Waals surface area contributed by atoms with Gasteiger partial charge < -0.3 is 15.7 Å². The summed E-state index contributed by atoms with van der Waals surface area (Å²) >= 11 is 0. The van der Waals surface area contributed by atoms with E-state index in [0.29, 0.717) is 0 Å². The first-order valence-corrected chi connectivity index (χ1v) is 6.32. The number of anilines is 2. The van der Waals surface area contributed by atoms with Gasteiger partial charge in [0.1, 0.15) is 0 Å². The van der Waals surface area contributed by atoms with Crippen LogP contribution < -0.4 is 10.6 Å². The number of pyridine rings is 1. The highest BCUT2D eigenvalue weighted by Crippen LogP contribution is 2.44. The quantitative estimate of drug-likeness (QED) is 0.677. The van der Waals surface area contributed by atoms with Crippen molar-refractivity contribution in [3.05, 3.63) is 18.5 Å². The summed E-state index contributed by atoms with van der Waals surface area (Å²) in [6, 6.07) is 2.07. The second kappa shape index (κ2) is 5.36. The Kier molecular flexibility index (Phi) is 3.84. The van der Waals surface area contributed by atoms with E-state index in [1.165, 1.54) is 0 Å². The van der Waals surface area contributed by atoms with Gasteiger partial charge >= 0.3 is 0 Å². The maximum atomic E-state index is 9.24. The minimum absolute atomic E-state index is 0.132. The molecule has 1 saturated carbocycles. The molecule has 0 saturated heterocycles. The van der Waals surface area contributed by atoms with Crippen molar-refractivity contribution in [2.75, 3.05) is 30.3 Å². The van der Waals surface area contributed by atoms with Gasteiger partial charge in [-0.25, -0.2) is 0 Å². The molecule has 1 fully saturated rings. The van der Waals surface area contributed by atoms with Crippen LogP contribution in [0.5, 0.6) is 0 Å². The van der Waals surface area contributed by atoms with Crippen molar-refractivity contribution in [2.24, 2.45) is 5.41 Å². The van der Waals surface area contributed by atoms with Gasteiger partial charge in [0.2, 0.25) is 0 Å². The zero-order valence-corrected chi connectivity index (χ0v) is 10.4. The minimum Gasteiger partial charge on any atom is -0.396 e. The van der Waals surface area contributed by atoms with Crippen LogP contribution in [-0.4, -0.2) is 29.8 Å². The van der Waals surface area contributed by atoms with Gasteiger partial charge in [0.25, 0.3) is 0 Å². The maximum absolute atomic E-state index is 9.24. The third-order valence-electron chi connectivity index (χ3n) is 3.28. The normalized spacial score (nSPS) is 16.6. The van der Waals surface area contributed by atoms with E-state index >= 15 is 0 Å². The summed E-state index contributed by atoms with van der Waals surface area (Å²) in [5.74, 6) is 0. The van der Waals surface area contributed by atoms with Crippen molar-refractivity contribution < 1.29 is 5.11 Å². The van der Waals surface area contributed by atoms with E-state index in [-0.39, 0.29) is 12.0 Å². The van der Waals surface area contributed by atoms with Gasteiger partial charge in [-0.3, -0.25) is 4.98 Å². The van der Waals surface area contributed by atoms with Crippen LogP contribution in [0.2, 0.25) is 0 Å². The van der Waals surface area contributed by atoms with E-state index < -0.39 is 0 Å². The summed E-state index contributed by atoms with van der Waals surface area (Å²) in [5.41, 5.74) is 2.20. The first-order chi connectivity index (χ1) is 8.28. The topological polar surface area (TPSA) is 57.2 Å². The molecule has 0 spiro atoms. The SMILES string of the molecule is CCCNc1cncc(NCC2(CO)CC2)c1. The fourth-order valence-electron chi connectivity index (χ4n) is 1.76. The first-order valence-electron chi connectivity index (χ1n) is 6.32. The van der Waals surface area contributed by atoms with E-state index in [1.54, 1.807) is 0 Å². The van der Waals surface area contributed by atoms with Crippen LogP contribution in [0.15, 0.2) is 18.5 Å². The van der Waals surface area contributed by atoms with E-state index in [0.717, 1.165) is 43.7 Å². The number of nitrogens with one attached hydrogen (secondary N) is 2. The predicted molar refractivity (Wildman–Crippen MR) is 70.3 cm³/mol. The molecule has 1 aromatic heterocycles. The highest BCUT2D eigenvalue weighted by Gasteiger charge is 2.41. The summed E-state index contributed by atoms with van der Waals surface area (Å²) < 4.78 is 0. The molecule has 0 aliphatic heterocycles. The monoisotopic (exact) mass is 235 g/mol. The average Bonchev–Trinajstić information content (AvgIpc) is 3.15. The van der Waals surface area contributed by atoms with Gasteiger partial charge in [-0.05, 0) is 25.3 Å². The van der Waals surface area contributed by atoms with Gasteiger partial charge in [-0.1, -0.05) is 6.92 Å². The van der Waals surface area contributed by atoms with Crippen LogP contribution in [0.25, 0.3) is 0 Å². The molecule has 0 unspecified atom stereocenters. The molecule has 4 nitrogen and oxygen atoms in total. The number of hydrogen-bond acceptors (Lipinski definition) is 4. The molecule has 0 aromatic carbocycles. The van der Waals surface area contributed by atoms with E-state index in [9.17, 15) is 5.11 Å². The van der Waals surface area contributed by atoms with Crippen molar-refractivity contribution >= 4 is 11.4 Å². The van der Waals surface area contributed by atoms with Crippen LogP contribution in [-0.2, 0) is 0 Å². The lowest BCUT2D eigenvalue weighted by molar-refractivity contribution is 0.220. The van der Waals surface area contributed by atoms with Crippen LogP contribution in [0.1, 0.15) is 26.2 Å². The number of nitrogens with zero attached hydrogens (tertiary/aromatic N) is 1. The molecule has 1 aliphatic rings. The fraction of sp³-hybridized carbons (Fsp3) is 0.615. The third-order valence-corrected chi connectivity index (χ3v) is 3.28. The molecule has 94 valence electrons. The first kappa shape index (κ1) is 12.2. The Labute approximate surface area is 102 Å². The summed E-state index contributed by atoms with van der Waals surface area (Å²) in [4.78, 5) is 4.20. The number of aromatic nitrogens is 1. The summed E-state index contributed by atoms with van der Waals surface area (Å²) in [6.07, 6.45) is 7.01. The summed E-state index contributed by atoms with van der Waals surface area (Å²) in [5, 5.41) is 15.9. The molecule has 1 aliphatic carbocycles. The largest absolute Gasteiger partial charge is 0.396 e. The Bertz CT molecular complexity index is 363. The van der Waals surface area contributed by atoms with E-state index in [1.807, 2.05) is 12.4 Å². The summed E-state index contributed by atoms with van der Waals surface area (Å²) in [7, 11) is 0. The molecule has 1 aromatic rings. The lowest BCUT2D eigenvalue weighted by Gasteiger charge is -2.14. The highest BCUT2D eigenvalue weighted by molar-refractivity contribution is 5.54. The fourth-order valence-corrected chi connectivity index (χ4v) is 1.76. The Hall–Kier alpha value is -1.29. The standard InChI is InChI=1S/C13H21N3O/c1-2-5-15-11-6-12(8-14-7-11)16-9-13(10-17)3-4-13/h6-8,15-17H,2-5,9-10H2,1H3. The number of aliphatic hydroxyl groups excluding tert-OH is 1. The van der Waals surface area contributed by atoms with Gasteiger partial charge in [0, 0.05) is 18.5 Å². The molecular formula is C13H21N3O. The molecule has 4 heteroatoms. The van der Waals surface area contributed by atoms with Crippen molar-refractivity contribution in [3.63, 3.8) is 0 Å². The zero-order valence-electron chi connectivity index (χ0n) is 10.4. The maximum Gasteiger partial charge on any atom is 0.0547 e. The smallest absolute Gasteiger partial charge is 0.0547 e. The van der Waals surface area contributed by atoms with E-state index in [2.05, 4.69) is 28.6 Å².